The third-order valence-electron chi connectivity index (χ3n) is 2.57. The van der Waals surface area contributed by atoms with E-state index in [0.29, 0.717) is 6.54 Å². The zero-order chi connectivity index (χ0) is 13.7. The number of rotatable bonds is 4. The van der Waals surface area contributed by atoms with E-state index in [1.165, 1.54) is 4.88 Å². The van der Waals surface area contributed by atoms with E-state index in [9.17, 15) is 0 Å². The zero-order valence-electron chi connectivity index (χ0n) is 11.2. The molecule has 0 aliphatic carbocycles. The molecule has 7 heteroatoms. The molecule has 0 aliphatic rings. The SMILES string of the molecule is CN=C(NCc1ccon1)NCc1sc(C)nc1C. The quantitative estimate of drug-likeness (QED) is 0.657. The van der Waals surface area contributed by atoms with Crippen molar-refractivity contribution in [1.82, 2.24) is 20.8 Å². The molecule has 0 saturated heterocycles. The molecule has 0 aliphatic heterocycles. The Hall–Kier alpha value is -1.89. The number of aryl methyl sites for hydroxylation is 2. The highest BCUT2D eigenvalue weighted by molar-refractivity contribution is 7.11. The molecule has 102 valence electrons. The number of nitrogens with zero attached hydrogens (tertiary/aromatic N) is 3. The van der Waals surface area contributed by atoms with Crippen LogP contribution in [0.1, 0.15) is 21.3 Å². The van der Waals surface area contributed by atoms with Crippen molar-refractivity contribution in [3.05, 3.63) is 33.6 Å². The number of nitrogens with one attached hydrogen (secondary N) is 2. The van der Waals surface area contributed by atoms with Gasteiger partial charge in [-0.1, -0.05) is 5.16 Å². The lowest BCUT2D eigenvalue weighted by Crippen LogP contribution is -2.36. The Bertz CT molecular complexity index is 546. The average Bonchev–Trinajstić information content (AvgIpc) is 3.00. The maximum Gasteiger partial charge on any atom is 0.191 e. The number of aromatic nitrogens is 2. The molecule has 2 N–H and O–H groups in total. The first-order valence-corrected chi connectivity index (χ1v) is 6.77. The minimum atomic E-state index is 0.580. The van der Waals surface area contributed by atoms with E-state index in [1.54, 1.807) is 24.6 Å². The lowest BCUT2D eigenvalue weighted by Gasteiger charge is -2.10. The normalized spacial score (nSPS) is 11.6. The molecule has 0 saturated carbocycles. The summed E-state index contributed by atoms with van der Waals surface area (Å²) in [6.07, 6.45) is 1.55. The highest BCUT2D eigenvalue weighted by Gasteiger charge is 2.06. The zero-order valence-corrected chi connectivity index (χ0v) is 12.0. The summed E-state index contributed by atoms with van der Waals surface area (Å²) in [5, 5.41) is 11.3. The first-order chi connectivity index (χ1) is 9.19. The summed E-state index contributed by atoms with van der Waals surface area (Å²) >= 11 is 1.70. The highest BCUT2D eigenvalue weighted by Crippen LogP contribution is 2.16. The molecule has 0 radical (unpaired) electrons. The molecule has 0 atom stereocenters. The van der Waals surface area contributed by atoms with Crippen molar-refractivity contribution >= 4 is 17.3 Å². The molecule has 0 fully saturated rings. The summed E-state index contributed by atoms with van der Waals surface area (Å²) < 4.78 is 4.77. The molecule has 19 heavy (non-hydrogen) atoms. The molecular formula is C12H17N5OS. The Morgan fingerprint density at radius 2 is 2.16 bits per heavy atom. The summed E-state index contributed by atoms with van der Waals surface area (Å²) in [6, 6.07) is 1.82. The topological polar surface area (TPSA) is 75.3 Å². The van der Waals surface area contributed by atoms with Crippen LogP contribution in [-0.4, -0.2) is 23.1 Å². The van der Waals surface area contributed by atoms with E-state index < -0.39 is 0 Å². The number of hydrogen-bond acceptors (Lipinski definition) is 5. The van der Waals surface area contributed by atoms with Gasteiger partial charge in [0.05, 0.1) is 23.8 Å². The van der Waals surface area contributed by atoms with Gasteiger partial charge in [0.25, 0.3) is 0 Å². The van der Waals surface area contributed by atoms with E-state index >= 15 is 0 Å². The smallest absolute Gasteiger partial charge is 0.191 e. The third-order valence-corrected chi connectivity index (χ3v) is 3.64. The largest absolute Gasteiger partial charge is 0.364 e. The van der Waals surface area contributed by atoms with Crippen molar-refractivity contribution in [2.24, 2.45) is 4.99 Å². The van der Waals surface area contributed by atoms with Gasteiger partial charge in [0.2, 0.25) is 0 Å². The predicted molar refractivity (Wildman–Crippen MR) is 75.1 cm³/mol. The van der Waals surface area contributed by atoms with Crippen LogP contribution in [0.15, 0.2) is 21.8 Å². The van der Waals surface area contributed by atoms with Crippen molar-refractivity contribution < 1.29 is 4.52 Å². The second-order valence-corrected chi connectivity index (χ2v) is 5.30. The molecule has 0 bridgehead atoms. The Kier molecular flexibility index (Phi) is 4.51. The number of thiazole rings is 1. The summed E-state index contributed by atoms with van der Waals surface area (Å²) in [5.74, 6) is 0.730. The first kappa shape index (κ1) is 13.5. The standard InChI is InChI=1S/C12H17N5OS/c1-8-11(19-9(2)16-8)7-15-12(13-3)14-6-10-4-5-18-17-10/h4-5H,6-7H2,1-3H3,(H2,13,14,15). The van der Waals surface area contributed by atoms with E-state index in [1.807, 2.05) is 19.9 Å². The van der Waals surface area contributed by atoms with E-state index in [2.05, 4.69) is 25.8 Å². The third kappa shape index (κ3) is 3.78. The maximum atomic E-state index is 4.77. The van der Waals surface area contributed by atoms with Crippen LogP contribution in [0, 0.1) is 13.8 Å². The van der Waals surface area contributed by atoms with Gasteiger partial charge in [-0.25, -0.2) is 4.98 Å². The second kappa shape index (κ2) is 6.33. The van der Waals surface area contributed by atoms with E-state index in [-0.39, 0.29) is 0 Å². The molecule has 0 amide bonds. The summed E-state index contributed by atoms with van der Waals surface area (Å²) in [6.45, 7) is 5.33. The fourth-order valence-corrected chi connectivity index (χ4v) is 2.50. The monoisotopic (exact) mass is 279 g/mol. The van der Waals surface area contributed by atoms with Gasteiger partial charge in [0, 0.05) is 18.0 Å². The average molecular weight is 279 g/mol. The Morgan fingerprint density at radius 1 is 1.37 bits per heavy atom. The van der Waals surface area contributed by atoms with Crippen LogP contribution in [-0.2, 0) is 13.1 Å². The lowest BCUT2D eigenvalue weighted by molar-refractivity contribution is 0.410. The van der Waals surface area contributed by atoms with Crippen LogP contribution in [0.5, 0.6) is 0 Å². The van der Waals surface area contributed by atoms with Gasteiger partial charge in [-0.3, -0.25) is 4.99 Å². The molecule has 6 nitrogen and oxygen atoms in total. The molecule has 2 heterocycles. The van der Waals surface area contributed by atoms with Crippen LogP contribution in [0.2, 0.25) is 0 Å². The summed E-state index contributed by atoms with van der Waals surface area (Å²) in [7, 11) is 1.74. The van der Waals surface area contributed by atoms with Crippen molar-refractivity contribution in [2.45, 2.75) is 26.9 Å². The van der Waals surface area contributed by atoms with Crippen LogP contribution in [0.4, 0.5) is 0 Å². The highest BCUT2D eigenvalue weighted by atomic mass is 32.1. The summed E-state index contributed by atoms with van der Waals surface area (Å²) in [5.41, 5.74) is 1.91. The van der Waals surface area contributed by atoms with Gasteiger partial charge >= 0.3 is 0 Å². The molecule has 2 rings (SSSR count). The van der Waals surface area contributed by atoms with Crippen LogP contribution in [0.25, 0.3) is 0 Å². The van der Waals surface area contributed by atoms with Crippen molar-refractivity contribution in [2.75, 3.05) is 7.05 Å². The van der Waals surface area contributed by atoms with Crippen LogP contribution in [0.3, 0.4) is 0 Å². The van der Waals surface area contributed by atoms with E-state index in [0.717, 1.165) is 28.9 Å². The van der Waals surface area contributed by atoms with Gasteiger partial charge < -0.3 is 15.2 Å². The molecule has 0 unspecified atom stereocenters. The second-order valence-electron chi connectivity index (χ2n) is 4.01. The van der Waals surface area contributed by atoms with Gasteiger partial charge in [-0.2, -0.15) is 0 Å². The first-order valence-electron chi connectivity index (χ1n) is 5.95. The Labute approximate surface area is 115 Å². The van der Waals surface area contributed by atoms with Gasteiger partial charge in [-0.05, 0) is 13.8 Å². The maximum absolute atomic E-state index is 4.77. The molecule has 0 aromatic carbocycles. The molecule has 2 aromatic rings. The molecular weight excluding hydrogens is 262 g/mol. The van der Waals surface area contributed by atoms with Crippen LogP contribution < -0.4 is 10.6 Å². The predicted octanol–water partition coefficient (Wildman–Crippen LogP) is 1.61. The van der Waals surface area contributed by atoms with Gasteiger partial charge in [0.1, 0.15) is 12.0 Å². The fourth-order valence-electron chi connectivity index (χ4n) is 1.63. The van der Waals surface area contributed by atoms with E-state index in [4.69, 9.17) is 4.52 Å². The summed E-state index contributed by atoms with van der Waals surface area (Å²) in [4.78, 5) is 9.78. The number of aliphatic imine (C=N–C) groups is 1. The Morgan fingerprint density at radius 3 is 2.74 bits per heavy atom. The van der Waals surface area contributed by atoms with Gasteiger partial charge in [0.15, 0.2) is 5.96 Å². The van der Waals surface area contributed by atoms with Gasteiger partial charge in [-0.15, -0.1) is 11.3 Å². The Balaban J connectivity index is 1.84. The number of guanidine groups is 1. The number of hydrogen-bond donors (Lipinski definition) is 2. The molecule has 0 spiro atoms. The minimum absolute atomic E-state index is 0.580. The minimum Gasteiger partial charge on any atom is -0.364 e. The van der Waals surface area contributed by atoms with Crippen molar-refractivity contribution in [1.29, 1.82) is 0 Å². The van der Waals surface area contributed by atoms with Crippen molar-refractivity contribution in [3.8, 4) is 0 Å². The van der Waals surface area contributed by atoms with Crippen LogP contribution >= 0.6 is 11.3 Å². The molecule has 2 aromatic heterocycles. The fraction of sp³-hybridized carbons (Fsp3) is 0.417. The van der Waals surface area contributed by atoms with Crippen molar-refractivity contribution in [3.63, 3.8) is 0 Å². The lowest BCUT2D eigenvalue weighted by atomic mass is 10.4.